The first-order valence-electron chi connectivity index (χ1n) is 5.39. The van der Waals surface area contributed by atoms with Gasteiger partial charge in [-0.05, 0) is 18.9 Å². The van der Waals surface area contributed by atoms with Gasteiger partial charge in [-0.2, -0.15) is 0 Å². The molecule has 1 rings (SSSR count). The summed E-state index contributed by atoms with van der Waals surface area (Å²) in [6, 6.07) is 1.41. The molecule has 0 aliphatic carbocycles. The van der Waals surface area contributed by atoms with Crippen molar-refractivity contribution >= 4 is 27.0 Å². The first-order chi connectivity index (χ1) is 7.83. The second-order valence-corrected chi connectivity index (χ2v) is 6.86. The minimum atomic E-state index is -3.56. The summed E-state index contributed by atoms with van der Waals surface area (Å²) in [4.78, 5) is 0. The Balaban J connectivity index is 2.75. The average molecular weight is 278 g/mol. The van der Waals surface area contributed by atoms with E-state index in [1.807, 2.05) is 13.8 Å². The second-order valence-electron chi connectivity index (χ2n) is 3.96. The summed E-state index contributed by atoms with van der Waals surface area (Å²) in [6.07, 6.45) is 0.997. The van der Waals surface area contributed by atoms with Gasteiger partial charge in [0.25, 0.3) is 0 Å². The Labute approximate surface area is 106 Å². The zero-order valence-electron chi connectivity index (χ0n) is 9.93. The van der Waals surface area contributed by atoms with Crippen molar-refractivity contribution in [1.82, 2.24) is 4.72 Å². The number of thiophene rings is 1. The standard InChI is InChI=1S/C10H18N2O3S2/c1-3-10(13,4-2)7-12-17(14,15)9-5-8(11)6-16-9/h5-6,12-13H,3-4,7,11H2,1-2H3. The molecule has 0 fully saturated rings. The molecule has 98 valence electrons. The van der Waals surface area contributed by atoms with Crippen molar-refractivity contribution in [2.24, 2.45) is 0 Å². The van der Waals surface area contributed by atoms with Crippen molar-refractivity contribution in [3.63, 3.8) is 0 Å². The molecule has 0 amide bonds. The lowest BCUT2D eigenvalue weighted by Crippen LogP contribution is -2.41. The molecule has 5 nitrogen and oxygen atoms in total. The molecule has 0 spiro atoms. The third-order valence-electron chi connectivity index (χ3n) is 2.77. The van der Waals surface area contributed by atoms with Crippen molar-refractivity contribution in [2.45, 2.75) is 36.5 Å². The zero-order chi connectivity index (χ0) is 13.1. The van der Waals surface area contributed by atoms with Gasteiger partial charge in [0.05, 0.1) is 5.60 Å². The van der Waals surface area contributed by atoms with E-state index >= 15 is 0 Å². The highest BCUT2D eigenvalue weighted by Gasteiger charge is 2.26. The maximum Gasteiger partial charge on any atom is 0.250 e. The number of aliphatic hydroxyl groups is 1. The quantitative estimate of drug-likeness (QED) is 0.728. The molecule has 0 aromatic carbocycles. The summed E-state index contributed by atoms with van der Waals surface area (Å²) < 4.78 is 26.3. The summed E-state index contributed by atoms with van der Waals surface area (Å²) >= 11 is 1.07. The number of hydrogen-bond donors (Lipinski definition) is 3. The number of hydrogen-bond acceptors (Lipinski definition) is 5. The lowest BCUT2D eigenvalue weighted by molar-refractivity contribution is 0.0377. The molecule has 0 unspecified atom stereocenters. The summed E-state index contributed by atoms with van der Waals surface area (Å²) in [7, 11) is -3.56. The molecular weight excluding hydrogens is 260 g/mol. The Morgan fingerprint density at radius 1 is 1.47 bits per heavy atom. The maximum absolute atomic E-state index is 11.9. The summed E-state index contributed by atoms with van der Waals surface area (Å²) in [5, 5.41) is 11.6. The van der Waals surface area contributed by atoms with E-state index in [1.165, 1.54) is 6.07 Å². The fourth-order valence-corrected chi connectivity index (χ4v) is 3.52. The van der Waals surface area contributed by atoms with Crippen molar-refractivity contribution in [3.8, 4) is 0 Å². The van der Waals surface area contributed by atoms with Gasteiger partial charge in [0.1, 0.15) is 4.21 Å². The molecule has 0 saturated carbocycles. The van der Waals surface area contributed by atoms with Crippen LogP contribution >= 0.6 is 11.3 Å². The lowest BCUT2D eigenvalue weighted by Gasteiger charge is -2.25. The molecule has 4 N–H and O–H groups in total. The first-order valence-corrected chi connectivity index (χ1v) is 7.75. The number of nitrogens with one attached hydrogen (secondary N) is 1. The van der Waals surface area contributed by atoms with Crippen LogP contribution in [0.5, 0.6) is 0 Å². The average Bonchev–Trinajstić information content (AvgIpc) is 2.74. The van der Waals surface area contributed by atoms with Crippen LogP contribution < -0.4 is 10.5 Å². The smallest absolute Gasteiger partial charge is 0.250 e. The monoisotopic (exact) mass is 278 g/mol. The Kier molecular flexibility index (Phi) is 4.54. The van der Waals surface area contributed by atoms with Crippen molar-refractivity contribution in [1.29, 1.82) is 0 Å². The zero-order valence-corrected chi connectivity index (χ0v) is 11.6. The fraction of sp³-hybridized carbons (Fsp3) is 0.600. The summed E-state index contributed by atoms with van der Waals surface area (Å²) in [6.45, 7) is 3.65. The predicted molar refractivity (Wildman–Crippen MR) is 69.5 cm³/mol. The van der Waals surface area contributed by atoms with E-state index in [1.54, 1.807) is 5.38 Å². The van der Waals surface area contributed by atoms with E-state index in [-0.39, 0.29) is 10.8 Å². The molecule has 7 heteroatoms. The van der Waals surface area contributed by atoms with E-state index in [0.29, 0.717) is 18.5 Å². The van der Waals surface area contributed by atoms with Crippen LogP contribution in [0.4, 0.5) is 5.69 Å². The Morgan fingerprint density at radius 3 is 2.47 bits per heavy atom. The Hall–Kier alpha value is -0.630. The van der Waals surface area contributed by atoms with Crippen molar-refractivity contribution in [2.75, 3.05) is 12.3 Å². The lowest BCUT2D eigenvalue weighted by atomic mass is 9.98. The highest BCUT2D eigenvalue weighted by Crippen LogP contribution is 2.22. The van der Waals surface area contributed by atoms with E-state index in [9.17, 15) is 13.5 Å². The summed E-state index contributed by atoms with van der Waals surface area (Å²) in [5.74, 6) is 0. The first kappa shape index (κ1) is 14.4. The van der Waals surface area contributed by atoms with Crippen molar-refractivity contribution < 1.29 is 13.5 Å². The van der Waals surface area contributed by atoms with Gasteiger partial charge in [-0.25, -0.2) is 13.1 Å². The highest BCUT2D eigenvalue weighted by molar-refractivity contribution is 7.91. The molecule has 0 aliphatic heterocycles. The Bertz CT molecular complexity index is 464. The third kappa shape index (κ3) is 3.67. The molecule has 1 aromatic heterocycles. The maximum atomic E-state index is 11.9. The molecule has 0 radical (unpaired) electrons. The van der Waals surface area contributed by atoms with E-state index in [2.05, 4.69) is 4.72 Å². The second kappa shape index (κ2) is 5.34. The Morgan fingerprint density at radius 2 is 2.06 bits per heavy atom. The van der Waals surface area contributed by atoms with Crippen LogP contribution in [-0.4, -0.2) is 25.7 Å². The van der Waals surface area contributed by atoms with Gasteiger partial charge in [-0.1, -0.05) is 13.8 Å². The number of anilines is 1. The van der Waals surface area contributed by atoms with E-state index in [0.717, 1.165) is 11.3 Å². The van der Waals surface area contributed by atoms with Crippen LogP contribution in [0.3, 0.4) is 0 Å². The van der Waals surface area contributed by atoms with Gasteiger partial charge >= 0.3 is 0 Å². The predicted octanol–water partition coefficient (Wildman–Crippen LogP) is 1.16. The van der Waals surface area contributed by atoms with Crippen LogP contribution in [0.15, 0.2) is 15.7 Å². The number of sulfonamides is 1. The van der Waals surface area contributed by atoms with Gasteiger partial charge in [0.2, 0.25) is 10.0 Å². The number of nitrogen functional groups attached to an aromatic ring is 1. The van der Waals surface area contributed by atoms with Gasteiger partial charge < -0.3 is 10.8 Å². The molecule has 17 heavy (non-hydrogen) atoms. The largest absolute Gasteiger partial charge is 0.398 e. The van der Waals surface area contributed by atoms with Gasteiger partial charge in [0.15, 0.2) is 0 Å². The molecule has 1 heterocycles. The minimum absolute atomic E-state index is 0.0140. The fourth-order valence-electron chi connectivity index (χ4n) is 1.27. The van der Waals surface area contributed by atoms with Gasteiger partial charge in [-0.3, -0.25) is 0 Å². The van der Waals surface area contributed by atoms with Crippen molar-refractivity contribution in [3.05, 3.63) is 11.4 Å². The van der Waals surface area contributed by atoms with Crippen LogP contribution in [0.25, 0.3) is 0 Å². The SMILES string of the molecule is CCC(O)(CC)CNS(=O)(=O)c1cc(N)cs1. The molecule has 0 atom stereocenters. The van der Waals surface area contributed by atoms with Crippen LogP contribution in [0, 0.1) is 0 Å². The van der Waals surface area contributed by atoms with E-state index < -0.39 is 15.6 Å². The number of nitrogens with two attached hydrogens (primary N) is 1. The molecule has 0 saturated heterocycles. The molecule has 1 aromatic rings. The van der Waals surface area contributed by atoms with Crippen LogP contribution in [0.2, 0.25) is 0 Å². The molecular formula is C10H18N2O3S2. The van der Waals surface area contributed by atoms with Gasteiger partial charge in [-0.15, -0.1) is 11.3 Å². The van der Waals surface area contributed by atoms with Crippen LogP contribution in [-0.2, 0) is 10.0 Å². The highest BCUT2D eigenvalue weighted by atomic mass is 32.2. The van der Waals surface area contributed by atoms with E-state index in [4.69, 9.17) is 5.73 Å². The normalized spacial score (nSPS) is 12.9. The number of rotatable bonds is 6. The molecule has 0 bridgehead atoms. The minimum Gasteiger partial charge on any atom is -0.398 e. The van der Waals surface area contributed by atoms with Crippen LogP contribution in [0.1, 0.15) is 26.7 Å². The summed E-state index contributed by atoms with van der Waals surface area (Å²) in [5.41, 5.74) is 4.92. The molecule has 0 aliphatic rings. The van der Waals surface area contributed by atoms with Gasteiger partial charge in [0, 0.05) is 17.6 Å². The topological polar surface area (TPSA) is 92.4 Å². The third-order valence-corrected chi connectivity index (χ3v) is 5.63.